The number of carbonyl (C=O) groups is 2. The Bertz CT molecular complexity index is 1220. The van der Waals surface area contributed by atoms with E-state index >= 15 is 0 Å². The van der Waals surface area contributed by atoms with E-state index in [-0.39, 0.29) is 39.0 Å². The Morgan fingerprint density at radius 1 is 1.18 bits per heavy atom. The lowest BCUT2D eigenvalue weighted by molar-refractivity contribution is -0.113. The van der Waals surface area contributed by atoms with Crippen LogP contribution >= 0.6 is 11.6 Å². The van der Waals surface area contributed by atoms with E-state index < -0.39 is 34.1 Å². The molecule has 2 aromatic carbocycles. The molecular weight excluding hydrogens is 468 g/mol. The molecule has 0 fully saturated rings. The monoisotopic (exact) mass is 490 g/mol. The number of nitrogens with zero attached hydrogens (tertiary/aromatic N) is 1. The molecule has 0 unspecified atom stereocenters. The van der Waals surface area contributed by atoms with Crippen LogP contribution in [-0.4, -0.2) is 44.1 Å². The molecule has 10 heteroatoms. The van der Waals surface area contributed by atoms with Crippen molar-refractivity contribution < 1.29 is 27.9 Å². The van der Waals surface area contributed by atoms with Crippen LogP contribution in [0, 0.1) is 5.41 Å². The Morgan fingerprint density at radius 2 is 1.85 bits per heavy atom. The van der Waals surface area contributed by atoms with Crippen LogP contribution in [0.25, 0.3) is 0 Å². The van der Waals surface area contributed by atoms with Gasteiger partial charge in [0, 0.05) is 5.71 Å². The summed E-state index contributed by atoms with van der Waals surface area (Å²) in [7, 11) is -4.12. The Kier molecular flexibility index (Phi) is 8.56. The molecule has 0 bridgehead atoms. The van der Waals surface area contributed by atoms with Gasteiger partial charge < -0.3 is 15.3 Å². The number of halogens is 1. The fourth-order valence-electron chi connectivity index (χ4n) is 2.98. The number of carbonyl (C=O) groups excluding carboxylic acids is 2. The fourth-order valence-corrected chi connectivity index (χ4v) is 4.77. The van der Waals surface area contributed by atoms with Crippen LogP contribution in [0.4, 0.5) is 5.69 Å². The molecular formula is C23H23ClN2O6S. The molecule has 0 aliphatic rings. The number of Topliss-reactive ketones (excluding diaryl/α,β-unsaturated/α-hetero) is 1. The molecule has 2 N–H and O–H groups in total. The first-order valence-electron chi connectivity index (χ1n) is 9.64. The molecule has 0 saturated heterocycles. The summed E-state index contributed by atoms with van der Waals surface area (Å²) in [6.45, 7) is 5.38. The number of ether oxygens (including phenoxy) is 1. The number of ketones is 1. The molecule has 0 aliphatic heterocycles. The zero-order valence-electron chi connectivity index (χ0n) is 18.0. The van der Waals surface area contributed by atoms with Crippen molar-refractivity contribution in [2.75, 3.05) is 17.5 Å². The summed E-state index contributed by atoms with van der Waals surface area (Å²) >= 11 is 6.19. The average Bonchev–Trinajstić information content (AvgIpc) is 2.76. The lowest BCUT2D eigenvalue weighted by atomic mass is 10.1. The lowest BCUT2D eigenvalue weighted by Gasteiger charge is -2.24. The zero-order valence-corrected chi connectivity index (χ0v) is 19.6. The number of nitrogens with one attached hydrogen (secondary N) is 1. The van der Waals surface area contributed by atoms with Crippen molar-refractivity contribution in [2.45, 2.75) is 18.7 Å². The average molecular weight is 491 g/mol. The van der Waals surface area contributed by atoms with E-state index in [4.69, 9.17) is 21.7 Å². The number of aliphatic hydroxyl groups is 1. The smallest absolute Gasteiger partial charge is 0.338 e. The quantitative estimate of drug-likeness (QED) is 0.168. The van der Waals surface area contributed by atoms with Crippen LogP contribution < -0.4 is 4.31 Å². The normalized spacial score (nSPS) is 11.8. The van der Waals surface area contributed by atoms with Crippen LogP contribution in [-0.2, 0) is 19.6 Å². The molecule has 2 rings (SSSR count). The van der Waals surface area contributed by atoms with E-state index in [2.05, 4.69) is 6.58 Å². The molecule has 0 amide bonds. The fraction of sp³-hybridized carbons (Fsp3) is 0.174. The summed E-state index contributed by atoms with van der Waals surface area (Å²) < 4.78 is 32.7. The van der Waals surface area contributed by atoms with Gasteiger partial charge in [0.05, 0.1) is 33.3 Å². The number of sulfonamides is 1. The van der Waals surface area contributed by atoms with Gasteiger partial charge in [0.25, 0.3) is 10.0 Å². The molecule has 0 atom stereocenters. The highest BCUT2D eigenvalue weighted by Crippen LogP contribution is 2.30. The molecule has 0 heterocycles. The van der Waals surface area contributed by atoms with Crippen LogP contribution in [0.1, 0.15) is 24.2 Å². The van der Waals surface area contributed by atoms with Gasteiger partial charge in [-0.2, -0.15) is 0 Å². The van der Waals surface area contributed by atoms with Gasteiger partial charge in [-0.25, -0.2) is 13.2 Å². The van der Waals surface area contributed by atoms with E-state index in [9.17, 15) is 23.1 Å². The second-order valence-electron chi connectivity index (χ2n) is 6.88. The Balaban J connectivity index is 2.36. The number of para-hydroxylation sites is 1. The molecule has 33 heavy (non-hydrogen) atoms. The number of esters is 1. The number of hydrogen-bond acceptors (Lipinski definition) is 7. The number of rotatable bonds is 10. The predicted molar refractivity (Wildman–Crippen MR) is 127 cm³/mol. The van der Waals surface area contributed by atoms with Crippen molar-refractivity contribution in [1.29, 1.82) is 5.41 Å². The Labute approximate surface area is 197 Å². The third kappa shape index (κ3) is 6.09. The van der Waals surface area contributed by atoms with Gasteiger partial charge in [-0.05, 0) is 44.2 Å². The minimum atomic E-state index is -4.12. The maximum absolute atomic E-state index is 13.3. The SMILES string of the molecule is C=CCN(c1ccccc1Cl)S(=O)(=O)c1cccc(C(=O)OC/C(O)=C(\C(C)=N)C(C)=O)c1. The summed E-state index contributed by atoms with van der Waals surface area (Å²) in [5.74, 6) is -2.04. The minimum Gasteiger partial charge on any atom is -0.508 e. The van der Waals surface area contributed by atoms with E-state index in [1.807, 2.05) is 0 Å². The van der Waals surface area contributed by atoms with Gasteiger partial charge in [0.15, 0.2) is 5.78 Å². The largest absolute Gasteiger partial charge is 0.508 e. The summed E-state index contributed by atoms with van der Waals surface area (Å²) in [5, 5.41) is 17.8. The van der Waals surface area contributed by atoms with Crippen molar-refractivity contribution in [2.24, 2.45) is 0 Å². The van der Waals surface area contributed by atoms with Crippen molar-refractivity contribution in [3.8, 4) is 0 Å². The molecule has 0 aromatic heterocycles. The number of hydrogen-bond donors (Lipinski definition) is 2. The van der Waals surface area contributed by atoms with Crippen molar-refractivity contribution in [3.05, 3.63) is 83.1 Å². The molecule has 0 radical (unpaired) electrons. The molecule has 0 saturated carbocycles. The van der Waals surface area contributed by atoms with Crippen LogP contribution in [0.5, 0.6) is 0 Å². The van der Waals surface area contributed by atoms with Crippen LogP contribution in [0.3, 0.4) is 0 Å². The molecule has 8 nitrogen and oxygen atoms in total. The first-order valence-corrected chi connectivity index (χ1v) is 11.5. The minimum absolute atomic E-state index is 0.0593. The predicted octanol–water partition coefficient (Wildman–Crippen LogP) is 4.32. The standard InChI is InChI=1S/C23H23ClN2O6S/c1-4-12-26(20-11-6-5-10-19(20)24)33(30,31)18-9-7-8-17(13-18)23(29)32-14-21(28)22(15(2)25)16(3)27/h4-11,13,25,28H,1,12,14H2,2-3H3/b22-21-,25-15?. The van der Waals surface area contributed by atoms with Crippen molar-refractivity contribution in [1.82, 2.24) is 0 Å². The first-order chi connectivity index (χ1) is 15.5. The Hall–Kier alpha value is -3.43. The van der Waals surface area contributed by atoms with Gasteiger partial charge in [-0.15, -0.1) is 6.58 Å². The molecule has 174 valence electrons. The van der Waals surface area contributed by atoms with E-state index in [0.717, 1.165) is 10.4 Å². The molecule has 2 aromatic rings. The maximum Gasteiger partial charge on any atom is 0.338 e. The highest BCUT2D eigenvalue weighted by molar-refractivity contribution is 7.92. The van der Waals surface area contributed by atoms with Crippen molar-refractivity contribution >= 4 is 44.8 Å². The van der Waals surface area contributed by atoms with Gasteiger partial charge >= 0.3 is 5.97 Å². The van der Waals surface area contributed by atoms with Crippen LogP contribution in [0.2, 0.25) is 5.02 Å². The lowest BCUT2D eigenvalue weighted by Crippen LogP contribution is -2.31. The zero-order chi connectivity index (χ0) is 24.8. The van der Waals surface area contributed by atoms with E-state index in [1.54, 1.807) is 24.3 Å². The number of aliphatic hydroxyl groups excluding tert-OH is 1. The van der Waals surface area contributed by atoms with Gasteiger partial charge in [0.2, 0.25) is 0 Å². The molecule has 0 spiro atoms. The second kappa shape index (κ2) is 10.9. The van der Waals surface area contributed by atoms with Crippen molar-refractivity contribution in [3.63, 3.8) is 0 Å². The number of anilines is 1. The highest BCUT2D eigenvalue weighted by Gasteiger charge is 2.26. The topological polar surface area (TPSA) is 125 Å². The first kappa shape index (κ1) is 25.8. The van der Waals surface area contributed by atoms with Gasteiger partial charge in [-0.3, -0.25) is 9.10 Å². The van der Waals surface area contributed by atoms with Gasteiger partial charge in [-0.1, -0.05) is 35.9 Å². The summed E-state index contributed by atoms with van der Waals surface area (Å²) in [4.78, 5) is 23.9. The number of benzene rings is 2. The van der Waals surface area contributed by atoms with E-state index in [1.165, 1.54) is 38.1 Å². The second-order valence-corrected chi connectivity index (χ2v) is 9.15. The highest BCUT2D eigenvalue weighted by atomic mass is 35.5. The third-order valence-corrected chi connectivity index (χ3v) is 6.52. The molecule has 0 aliphatic carbocycles. The number of allylic oxidation sites excluding steroid dienone is 1. The Morgan fingerprint density at radius 3 is 2.42 bits per heavy atom. The van der Waals surface area contributed by atoms with E-state index in [0.29, 0.717) is 0 Å². The maximum atomic E-state index is 13.3. The third-order valence-electron chi connectivity index (χ3n) is 4.43. The summed E-state index contributed by atoms with van der Waals surface area (Å²) in [6.07, 6.45) is 1.41. The summed E-state index contributed by atoms with van der Waals surface area (Å²) in [5.41, 5.74) is -0.261. The van der Waals surface area contributed by atoms with Gasteiger partial charge in [0.1, 0.15) is 12.4 Å². The van der Waals surface area contributed by atoms with Crippen LogP contribution in [0.15, 0.2) is 77.4 Å². The summed E-state index contributed by atoms with van der Waals surface area (Å²) in [6, 6.07) is 11.6.